The lowest BCUT2D eigenvalue weighted by molar-refractivity contribution is -0.141. The van der Waals surface area contributed by atoms with Crippen molar-refractivity contribution >= 4 is 15.9 Å². The number of sulfonamides is 1. The van der Waals surface area contributed by atoms with Gasteiger partial charge in [0.15, 0.2) is 11.6 Å². The van der Waals surface area contributed by atoms with Crippen molar-refractivity contribution in [2.24, 2.45) is 10.8 Å². The van der Waals surface area contributed by atoms with E-state index in [1.165, 1.54) is 16.6 Å². The molecule has 2 spiro atoms. The van der Waals surface area contributed by atoms with Gasteiger partial charge in [-0.2, -0.15) is 0 Å². The predicted molar refractivity (Wildman–Crippen MR) is 104 cm³/mol. The molecule has 3 aliphatic heterocycles. The molecule has 160 valence electrons. The smallest absolute Gasteiger partial charge is 0.230 e. The van der Waals surface area contributed by atoms with Crippen LogP contribution in [0.15, 0.2) is 18.2 Å². The molecule has 3 fully saturated rings. The molecule has 9 heteroatoms. The molecule has 6 nitrogen and oxygen atoms in total. The van der Waals surface area contributed by atoms with Crippen molar-refractivity contribution in [1.29, 1.82) is 0 Å². The summed E-state index contributed by atoms with van der Waals surface area (Å²) in [5.41, 5.74) is -0.322. The summed E-state index contributed by atoms with van der Waals surface area (Å²) in [6, 6.07) is 3.94. The zero-order valence-electron chi connectivity index (χ0n) is 16.8. The Kier molecular flexibility index (Phi) is 4.99. The Bertz CT molecular complexity index is 931. The minimum absolute atomic E-state index is 0.0534. The van der Waals surface area contributed by atoms with Gasteiger partial charge in [0.05, 0.1) is 11.7 Å². The van der Waals surface area contributed by atoms with Crippen LogP contribution < -0.4 is 0 Å². The third-order valence-electron chi connectivity index (χ3n) is 7.24. The SMILES string of the molecule is CN1CCC2(CN(S(C)(=O)=O)CC23CCN(Cc2ccc(F)c(F)c2)CC3)C1=O. The molecule has 1 unspecified atom stereocenters. The van der Waals surface area contributed by atoms with E-state index >= 15 is 0 Å². The van der Waals surface area contributed by atoms with Gasteiger partial charge in [0.2, 0.25) is 15.9 Å². The van der Waals surface area contributed by atoms with Gasteiger partial charge in [-0.25, -0.2) is 21.5 Å². The van der Waals surface area contributed by atoms with Crippen LogP contribution in [-0.2, 0) is 21.4 Å². The first kappa shape index (κ1) is 20.7. The van der Waals surface area contributed by atoms with Crippen molar-refractivity contribution < 1.29 is 22.0 Å². The maximum atomic E-state index is 13.5. The van der Waals surface area contributed by atoms with Gasteiger partial charge in [-0.15, -0.1) is 0 Å². The fraction of sp³-hybridized carbons (Fsp3) is 0.650. The maximum absolute atomic E-state index is 13.5. The number of amides is 1. The van der Waals surface area contributed by atoms with E-state index in [9.17, 15) is 22.0 Å². The largest absolute Gasteiger partial charge is 0.345 e. The van der Waals surface area contributed by atoms with Gasteiger partial charge >= 0.3 is 0 Å². The highest BCUT2D eigenvalue weighted by Crippen LogP contribution is 2.58. The molecule has 0 aliphatic carbocycles. The zero-order valence-corrected chi connectivity index (χ0v) is 17.6. The number of nitrogens with zero attached hydrogens (tertiary/aromatic N) is 3. The van der Waals surface area contributed by atoms with E-state index in [1.807, 2.05) is 0 Å². The summed E-state index contributed by atoms with van der Waals surface area (Å²) in [6.07, 6.45) is 3.31. The molecule has 1 aromatic carbocycles. The van der Waals surface area contributed by atoms with Gasteiger partial charge in [-0.3, -0.25) is 9.69 Å². The molecule has 0 N–H and O–H groups in total. The molecule has 0 aromatic heterocycles. The number of likely N-dealkylation sites (tertiary alicyclic amines) is 2. The molecule has 1 atom stereocenters. The third kappa shape index (κ3) is 3.37. The summed E-state index contributed by atoms with van der Waals surface area (Å²) in [5, 5.41) is 0. The quantitative estimate of drug-likeness (QED) is 0.736. The number of hydrogen-bond donors (Lipinski definition) is 0. The van der Waals surface area contributed by atoms with E-state index in [0.29, 0.717) is 57.5 Å². The van der Waals surface area contributed by atoms with Crippen LogP contribution in [0.25, 0.3) is 0 Å². The molecular weight excluding hydrogens is 400 g/mol. The van der Waals surface area contributed by atoms with Crippen LogP contribution in [0.2, 0.25) is 0 Å². The van der Waals surface area contributed by atoms with Crippen LogP contribution in [0.5, 0.6) is 0 Å². The molecular formula is C20H27F2N3O3S. The Labute approximate surface area is 170 Å². The number of rotatable bonds is 3. The Balaban J connectivity index is 1.54. The van der Waals surface area contributed by atoms with E-state index in [1.54, 1.807) is 18.0 Å². The fourth-order valence-electron chi connectivity index (χ4n) is 5.49. The van der Waals surface area contributed by atoms with Gasteiger partial charge in [-0.1, -0.05) is 6.07 Å². The number of carbonyl (C=O) groups is 1. The molecule has 3 heterocycles. The van der Waals surface area contributed by atoms with Crippen molar-refractivity contribution in [3.63, 3.8) is 0 Å². The summed E-state index contributed by atoms with van der Waals surface area (Å²) in [4.78, 5) is 17.0. The number of halogens is 2. The van der Waals surface area contributed by atoms with E-state index in [2.05, 4.69) is 4.90 Å². The van der Waals surface area contributed by atoms with Crippen LogP contribution in [-0.4, -0.2) is 74.5 Å². The van der Waals surface area contributed by atoms with Crippen molar-refractivity contribution in [1.82, 2.24) is 14.1 Å². The molecule has 0 saturated carbocycles. The molecule has 3 aliphatic rings. The number of benzene rings is 1. The normalized spacial score (nSPS) is 28.1. The molecule has 3 saturated heterocycles. The lowest BCUT2D eigenvalue weighted by Gasteiger charge is -2.47. The molecule has 4 rings (SSSR count). The summed E-state index contributed by atoms with van der Waals surface area (Å²) in [7, 11) is -1.60. The van der Waals surface area contributed by atoms with Gasteiger partial charge in [-0.05, 0) is 50.0 Å². The van der Waals surface area contributed by atoms with Crippen LogP contribution in [0.3, 0.4) is 0 Å². The maximum Gasteiger partial charge on any atom is 0.230 e. The Morgan fingerprint density at radius 1 is 1.03 bits per heavy atom. The zero-order chi connectivity index (χ0) is 21.0. The van der Waals surface area contributed by atoms with Gasteiger partial charge in [0.25, 0.3) is 0 Å². The highest BCUT2D eigenvalue weighted by atomic mass is 32.2. The van der Waals surface area contributed by atoms with Gasteiger partial charge in [0, 0.05) is 38.6 Å². The average molecular weight is 428 g/mol. The number of fused-ring (bicyclic) bond motifs is 1. The molecule has 0 bridgehead atoms. The minimum Gasteiger partial charge on any atom is -0.345 e. The second-order valence-corrected chi connectivity index (χ2v) is 10.9. The van der Waals surface area contributed by atoms with Crippen LogP contribution in [0.1, 0.15) is 24.8 Å². The van der Waals surface area contributed by atoms with E-state index in [0.717, 1.165) is 6.07 Å². The van der Waals surface area contributed by atoms with Crippen LogP contribution >= 0.6 is 0 Å². The first-order valence-corrected chi connectivity index (χ1v) is 11.8. The molecule has 0 radical (unpaired) electrons. The lowest BCUT2D eigenvalue weighted by Crippen LogP contribution is -2.52. The highest BCUT2D eigenvalue weighted by Gasteiger charge is 2.65. The summed E-state index contributed by atoms with van der Waals surface area (Å²) >= 11 is 0. The van der Waals surface area contributed by atoms with Crippen molar-refractivity contribution in [3.05, 3.63) is 35.4 Å². The van der Waals surface area contributed by atoms with E-state index < -0.39 is 27.1 Å². The molecule has 29 heavy (non-hydrogen) atoms. The monoisotopic (exact) mass is 427 g/mol. The van der Waals surface area contributed by atoms with Crippen LogP contribution in [0, 0.1) is 22.5 Å². The van der Waals surface area contributed by atoms with Crippen molar-refractivity contribution in [2.75, 3.05) is 46.0 Å². The van der Waals surface area contributed by atoms with Gasteiger partial charge in [0.1, 0.15) is 0 Å². The highest BCUT2D eigenvalue weighted by molar-refractivity contribution is 7.88. The summed E-state index contributed by atoms with van der Waals surface area (Å²) in [6.45, 7) is 3.17. The third-order valence-corrected chi connectivity index (χ3v) is 8.44. The van der Waals surface area contributed by atoms with Gasteiger partial charge < -0.3 is 4.90 Å². The predicted octanol–water partition coefficient (Wildman–Crippen LogP) is 1.67. The second kappa shape index (κ2) is 6.99. The fourth-order valence-corrected chi connectivity index (χ4v) is 6.43. The first-order valence-electron chi connectivity index (χ1n) is 9.93. The Morgan fingerprint density at radius 2 is 1.72 bits per heavy atom. The standard InChI is InChI=1S/C20H27F2N3O3S/c1-23-8-7-20(18(23)26)14-25(29(2,27)28)13-19(20)5-9-24(10-6-19)12-15-3-4-16(21)17(22)11-15/h3-4,11H,5-10,12-14H2,1-2H3. The summed E-state index contributed by atoms with van der Waals surface area (Å²) in [5.74, 6) is -1.66. The van der Waals surface area contributed by atoms with E-state index in [4.69, 9.17) is 0 Å². The van der Waals surface area contributed by atoms with E-state index in [-0.39, 0.29) is 17.9 Å². The number of carbonyl (C=O) groups excluding carboxylic acids is 1. The Morgan fingerprint density at radius 3 is 2.28 bits per heavy atom. The lowest BCUT2D eigenvalue weighted by atomic mass is 9.60. The Hall–Kier alpha value is -1.58. The minimum atomic E-state index is -3.38. The topological polar surface area (TPSA) is 60.9 Å². The number of piperidine rings is 1. The average Bonchev–Trinajstić information content (AvgIpc) is 3.14. The van der Waals surface area contributed by atoms with Crippen LogP contribution in [0.4, 0.5) is 8.78 Å². The molecule has 1 amide bonds. The second-order valence-electron chi connectivity index (χ2n) is 8.89. The van der Waals surface area contributed by atoms with Crippen molar-refractivity contribution in [3.8, 4) is 0 Å². The summed E-state index contributed by atoms with van der Waals surface area (Å²) < 4.78 is 52.7. The van der Waals surface area contributed by atoms with Crippen molar-refractivity contribution in [2.45, 2.75) is 25.8 Å². The number of hydrogen-bond acceptors (Lipinski definition) is 4. The first-order chi connectivity index (χ1) is 13.6. The molecule has 1 aromatic rings.